The molecule has 0 radical (unpaired) electrons. The highest BCUT2D eigenvalue weighted by Crippen LogP contribution is 2.26. The summed E-state index contributed by atoms with van der Waals surface area (Å²) in [5, 5.41) is 3.01. The zero-order valence-electron chi connectivity index (χ0n) is 22.1. The lowest BCUT2D eigenvalue weighted by Gasteiger charge is -2.25. The van der Waals surface area contributed by atoms with E-state index in [4.69, 9.17) is 16.3 Å². The van der Waals surface area contributed by atoms with E-state index in [-0.39, 0.29) is 28.6 Å². The van der Waals surface area contributed by atoms with Crippen molar-refractivity contribution in [2.75, 3.05) is 37.1 Å². The van der Waals surface area contributed by atoms with Crippen LogP contribution < -0.4 is 14.4 Å². The molecule has 0 spiro atoms. The van der Waals surface area contributed by atoms with Gasteiger partial charge in [0.15, 0.2) is 0 Å². The second-order valence-corrected chi connectivity index (χ2v) is 13.7. The number of carbonyl (C=O) groups is 1. The molecule has 1 saturated heterocycles. The number of ether oxygens (including phenoxy) is 1. The Hall–Kier alpha value is -3.12. The predicted octanol–water partition coefficient (Wildman–Crippen LogP) is 4.21. The maximum Gasteiger partial charge on any atom is 0.264 e. The van der Waals surface area contributed by atoms with E-state index in [0.29, 0.717) is 23.9 Å². The van der Waals surface area contributed by atoms with Gasteiger partial charge < -0.3 is 10.1 Å². The van der Waals surface area contributed by atoms with Gasteiger partial charge in [0.05, 0.1) is 22.0 Å². The van der Waals surface area contributed by atoms with Gasteiger partial charge in [-0.2, -0.15) is 4.31 Å². The van der Waals surface area contributed by atoms with Gasteiger partial charge in [-0.15, -0.1) is 0 Å². The van der Waals surface area contributed by atoms with Gasteiger partial charge in [0.2, 0.25) is 15.9 Å². The number of piperidine rings is 1. The van der Waals surface area contributed by atoms with Gasteiger partial charge in [-0.25, -0.2) is 16.8 Å². The standard InChI is InChI=1S/C28H32ClN3O6S2/c1-22-8-12-27(13-9-22)40(36,37)32(24-7-5-6-23(29)20-24)21-28(33)30-16-19-38-25-10-14-26(15-11-25)39(34,35)31-17-3-2-4-18-31/h5-15,20H,2-4,16-19,21H2,1H3,(H,30,33). The molecular formula is C28H32ClN3O6S2. The minimum atomic E-state index is -4.05. The normalized spacial score (nSPS) is 14.4. The van der Waals surface area contributed by atoms with Crippen LogP contribution in [0.3, 0.4) is 0 Å². The Kier molecular flexibility index (Phi) is 9.72. The van der Waals surface area contributed by atoms with Crippen LogP contribution >= 0.6 is 11.6 Å². The van der Waals surface area contributed by atoms with Gasteiger partial charge in [-0.1, -0.05) is 41.8 Å². The predicted molar refractivity (Wildman–Crippen MR) is 155 cm³/mol. The first kappa shape index (κ1) is 29.9. The number of benzene rings is 3. The summed E-state index contributed by atoms with van der Waals surface area (Å²) in [5.41, 5.74) is 1.17. The molecule has 0 aliphatic carbocycles. The highest BCUT2D eigenvalue weighted by atomic mass is 35.5. The number of sulfonamides is 2. The van der Waals surface area contributed by atoms with Gasteiger partial charge in [0, 0.05) is 18.1 Å². The molecule has 3 aromatic rings. The van der Waals surface area contributed by atoms with Crippen LogP contribution in [0.15, 0.2) is 82.6 Å². The summed E-state index contributed by atoms with van der Waals surface area (Å²) in [6, 6.07) is 18.8. The Labute approximate surface area is 240 Å². The van der Waals surface area contributed by atoms with Crippen LogP contribution in [0.5, 0.6) is 5.75 Å². The average molecular weight is 606 g/mol. The molecule has 0 bridgehead atoms. The average Bonchev–Trinajstić information content (AvgIpc) is 2.95. The molecule has 4 rings (SSSR count). The highest BCUT2D eigenvalue weighted by Gasteiger charge is 2.28. The highest BCUT2D eigenvalue weighted by molar-refractivity contribution is 7.92. The molecule has 1 fully saturated rings. The molecule has 0 unspecified atom stereocenters. The van der Waals surface area contributed by atoms with Gasteiger partial charge in [0.25, 0.3) is 10.0 Å². The van der Waals surface area contributed by atoms with Crippen molar-refractivity contribution in [2.45, 2.75) is 36.0 Å². The molecule has 3 aromatic carbocycles. The van der Waals surface area contributed by atoms with Crippen molar-refractivity contribution in [1.82, 2.24) is 9.62 Å². The first-order chi connectivity index (χ1) is 19.1. The number of aryl methyl sites for hydroxylation is 1. The zero-order chi connectivity index (χ0) is 28.8. The third kappa shape index (κ3) is 7.34. The fourth-order valence-corrected chi connectivity index (χ4v) is 7.41. The maximum absolute atomic E-state index is 13.4. The van der Waals surface area contributed by atoms with Gasteiger partial charge in [-0.3, -0.25) is 9.10 Å². The molecule has 214 valence electrons. The van der Waals surface area contributed by atoms with E-state index in [2.05, 4.69) is 5.32 Å². The Balaban J connectivity index is 1.35. The van der Waals surface area contributed by atoms with Crippen LogP contribution in [0.1, 0.15) is 24.8 Å². The van der Waals surface area contributed by atoms with E-state index >= 15 is 0 Å². The SMILES string of the molecule is Cc1ccc(S(=O)(=O)N(CC(=O)NCCOc2ccc(S(=O)(=O)N3CCCCC3)cc2)c2cccc(Cl)c2)cc1. The van der Waals surface area contributed by atoms with E-state index in [1.54, 1.807) is 42.5 Å². The van der Waals surface area contributed by atoms with Crippen LogP contribution in [0.2, 0.25) is 5.02 Å². The van der Waals surface area contributed by atoms with Gasteiger partial charge in [0.1, 0.15) is 18.9 Å². The third-order valence-electron chi connectivity index (χ3n) is 6.46. The monoisotopic (exact) mass is 605 g/mol. The smallest absolute Gasteiger partial charge is 0.264 e. The molecule has 40 heavy (non-hydrogen) atoms. The van der Waals surface area contributed by atoms with Crippen LogP contribution in [0.25, 0.3) is 0 Å². The van der Waals surface area contributed by atoms with E-state index in [9.17, 15) is 21.6 Å². The van der Waals surface area contributed by atoms with Crippen molar-refractivity contribution < 1.29 is 26.4 Å². The maximum atomic E-state index is 13.4. The number of anilines is 1. The quantitative estimate of drug-likeness (QED) is 0.328. The number of carbonyl (C=O) groups excluding carboxylic acids is 1. The van der Waals surface area contributed by atoms with E-state index in [1.807, 2.05) is 6.92 Å². The Morgan fingerprint density at radius 1 is 0.925 bits per heavy atom. The first-order valence-electron chi connectivity index (χ1n) is 12.9. The molecular weight excluding hydrogens is 574 g/mol. The van der Waals surface area contributed by atoms with Crippen molar-refractivity contribution in [3.63, 3.8) is 0 Å². The van der Waals surface area contributed by atoms with Crippen molar-refractivity contribution in [3.05, 3.63) is 83.4 Å². The molecule has 0 saturated carbocycles. The van der Waals surface area contributed by atoms with Crippen molar-refractivity contribution in [2.24, 2.45) is 0 Å². The molecule has 0 atom stereocenters. The fourth-order valence-electron chi connectivity index (χ4n) is 4.29. The summed E-state index contributed by atoms with van der Waals surface area (Å²) in [6.45, 7) is 2.67. The minimum absolute atomic E-state index is 0.0555. The number of nitrogens with zero attached hydrogens (tertiary/aromatic N) is 2. The summed E-state index contributed by atoms with van der Waals surface area (Å²) < 4.78 is 60.7. The van der Waals surface area contributed by atoms with Crippen LogP contribution in [-0.2, 0) is 24.8 Å². The lowest BCUT2D eigenvalue weighted by molar-refractivity contribution is -0.119. The summed E-state index contributed by atoms with van der Waals surface area (Å²) in [7, 11) is -7.58. The Bertz CT molecular complexity index is 1520. The van der Waals surface area contributed by atoms with E-state index < -0.39 is 32.5 Å². The topological polar surface area (TPSA) is 113 Å². The van der Waals surface area contributed by atoms with Gasteiger partial charge in [-0.05, 0) is 74.4 Å². The van der Waals surface area contributed by atoms with Crippen molar-refractivity contribution in [1.29, 1.82) is 0 Å². The second-order valence-electron chi connectivity index (χ2n) is 9.44. The van der Waals surface area contributed by atoms with Crippen molar-refractivity contribution in [3.8, 4) is 5.75 Å². The van der Waals surface area contributed by atoms with E-state index in [0.717, 1.165) is 29.1 Å². The van der Waals surface area contributed by atoms with Crippen LogP contribution in [0, 0.1) is 6.92 Å². The summed E-state index contributed by atoms with van der Waals surface area (Å²) in [5.74, 6) is -0.0726. The van der Waals surface area contributed by atoms with Crippen LogP contribution in [-0.4, -0.2) is 59.8 Å². The van der Waals surface area contributed by atoms with Crippen molar-refractivity contribution >= 4 is 43.2 Å². The summed E-state index contributed by atoms with van der Waals surface area (Å²) in [6.07, 6.45) is 2.76. The lowest BCUT2D eigenvalue weighted by Crippen LogP contribution is -2.41. The summed E-state index contributed by atoms with van der Waals surface area (Å²) in [4.78, 5) is 13.1. The Morgan fingerprint density at radius 3 is 2.23 bits per heavy atom. The molecule has 1 amide bonds. The number of hydrogen-bond donors (Lipinski definition) is 1. The molecule has 12 heteroatoms. The molecule has 0 aromatic heterocycles. The number of halogens is 1. The number of hydrogen-bond acceptors (Lipinski definition) is 6. The molecule has 9 nitrogen and oxygen atoms in total. The first-order valence-corrected chi connectivity index (χ1v) is 16.2. The summed E-state index contributed by atoms with van der Waals surface area (Å²) >= 11 is 6.10. The van der Waals surface area contributed by atoms with Gasteiger partial charge >= 0.3 is 0 Å². The molecule has 1 heterocycles. The number of rotatable bonds is 11. The van der Waals surface area contributed by atoms with E-state index in [1.165, 1.54) is 34.6 Å². The second kappa shape index (κ2) is 13.0. The van der Waals surface area contributed by atoms with Crippen LogP contribution in [0.4, 0.5) is 5.69 Å². The molecule has 1 N–H and O–H groups in total. The fraction of sp³-hybridized carbons (Fsp3) is 0.321. The molecule has 1 aliphatic heterocycles. The zero-order valence-corrected chi connectivity index (χ0v) is 24.5. The largest absolute Gasteiger partial charge is 0.492 e. The molecule has 1 aliphatic rings. The third-order valence-corrected chi connectivity index (χ3v) is 10.4. The lowest BCUT2D eigenvalue weighted by atomic mass is 10.2. The number of nitrogens with one attached hydrogen (secondary N) is 1. The number of amides is 1. The minimum Gasteiger partial charge on any atom is -0.492 e. The Morgan fingerprint density at radius 2 is 1.57 bits per heavy atom.